The van der Waals surface area contributed by atoms with Crippen molar-refractivity contribution < 1.29 is 4.92 Å². The molecule has 74 valence electrons. The van der Waals surface area contributed by atoms with Crippen molar-refractivity contribution in [1.29, 1.82) is 0 Å². The van der Waals surface area contributed by atoms with E-state index in [0.29, 0.717) is 0 Å². The molecule has 15 heavy (non-hydrogen) atoms. The Morgan fingerprint density at radius 1 is 1.00 bits per heavy atom. The lowest BCUT2D eigenvalue weighted by Gasteiger charge is -1.90. The zero-order valence-corrected chi connectivity index (χ0v) is 7.22. The number of rotatable bonds is 1. The van der Waals surface area contributed by atoms with Crippen LogP contribution in [0.1, 0.15) is 0 Å². The highest BCUT2D eigenvalue weighted by molar-refractivity contribution is 5.91. The predicted molar refractivity (Wildman–Crippen MR) is 51.8 cm³/mol. The molecule has 0 heterocycles. The van der Waals surface area contributed by atoms with E-state index in [9.17, 15) is 24.5 Å². The van der Waals surface area contributed by atoms with Crippen LogP contribution < -0.4 is 16.3 Å². The Hall–Kier alpha value is -2.37. The molecule has 0 aliphatic rings. The molecule has 0 aromatic heterocycles. The smallest absolute Gasteiger partial charge is 0.281 e. The number of fused-ring (bicyclic) bond motifs is 1. The van der Waals surface area contributed by atoms with E-state index in [1.165, 1.54) is 12.1 Å². The second-order valence-corrected chi connectivity index (χ2v) is 2.94. The molecule has 0 bridgehead atoms. The van der Waals surface area contributed by atoms with Crippen LogP contribution in [0, 0.1) is 10.1 Å². The van der Waals surface area contributed by atoms with Crippen molar-refractivity contribution in [3.05, 3.63) is 59.0 Å². The minimum atomic E-state index is -1.21. The van der Waals surface area contributed by atoms with Crippen LogP contribution in [-0.2, 0) is 0 Å². The van der Waals surface area contributed by atoms with Gasteiger partial charge >= 0.3 is 0 Å². The van der Waals surface area contributed by atoms with Crippen molar-refractivity contribution in [2.45, 2.75) is 0 Å². The molecule has 0 atom stereocenters. The van der Waals surface area contributed by atoms with Crippen molar-refractivity contribution >= 4 is 16.5 Å². The Bertz CT molecular complexity index is 708. The van der Waals surface area contributed by atoms with E-state index in [4.69, 9.17) is 0 Å². The molecule has 0 N–H and O–H groups in total. The van der Waals surface area contributed by atoms with Crippen molar-refractivity contribution in [3.63, 3.8) is 0 Å². The predicted octanol–water partition coefficient (Wildman–Crippen LogP) is -0.296. The van der Waals surface area contributed by atoms with Crippen LogP contribution in [0.4, 0.5) is 5.69 Å². The summed E-state index contributed by atoms with van der Waals surface area (Å²) in [5.41, 5.74) is -3.78. The highest BCUT2D eigenvalue weighted by Crippen LogP contribution is 2.18. The first-order chi connectivity index (χ1) is 7.04. The summed E-state index contributed by atoms with van der Waals surface area (Å²) in [5, 5.41) is 9.98. The minimum Gasteiger partial charge on any atom is -0.285 e. The Balaban J connectivity index is 3.20. The fourth-order valence-corrected chi connectivity index (χ4v) is 1.46. The number of non-ortho nitro benzene ring substituents is 1. The molecule has 0 aliphatic heterocycles. The van der Waals surface area contributed by atoms with Crippen LogP contribution in [0.15, 0.2) is 32.6 Å². The Morgan fingerprint density at radius 3 is 2.27 bits per heavy atom. The molecular weight excluding hydrogens is 202 g/mol. The van der Waals surface area contributed by atoms with Crippen LogP contribution in [0.25, 0.3) is 10.8 Å². The highest BCUT2D eigenvalue weighted by atomic mass is 16.6. The van der Waals surface area contributed by atoms with Gasteiger partial charge in [-0.1, -0.05) is 6.07 Å². The van der Waals surface area contributed by atoms with Gasteiger partial charge in [0.05, 0.1) is 4.92 Å². The van der Waals surface area contributed by atoms with E-state index in [2.05, 4.69) is 0 Å². The van der Waals surface area contributed by atoms with Crippen LogP contribution in [0.3, 0.4) is 0 Å². The second kappa shape index (κ2) is 2.81. The van der Waals surface area contributed by atoms with Gasteiger partial charge in [0, 0.05) is 11.5 Å². The summed E-state index contributed by atoms with van der Waals surface area (Å²) in [6.07, 6.45) is 0. The van der Waals surface area contributed by atoms with Crippen molar-refractivity contribution in [2.75, 3.05) is 0 Å². The van der Waals surface area contributed by atoms with E-state index in [0.717, 1.165) is 6.07 Å². The van der Waals surface area contributed by atoms with E-state index in [1.54, 1.807) is 0 Å². The van der Waals surface area contributed by atoms with Gasteiger partial charge in [-0.15, -0.1) is 0 Å². The van der Waals surface area contributed by atoms with Gasteiger partial charge in [0.1, 0.15) is 5.39 Å². The molecule has 0 radical (unpaired) electrons. The second-order valence-electron chi connectivity index (χ2n) is 2.94. The van der Waals surface area contributed by atoms with Gasteiger partial charge in [-0.3, -0.25) is 24.5 Å². The Kier molecular flexibility index (Phi) is 1.72. The summed E-state index contributed by atoms with van der Waals surface area (Å²) in [6.45, 7) is 0. The normalized spacial score (nSPS) is 10.7. The molecular formula is C9H3NO5. The Morgan fingerprint density at radius 2 is 1.67 bits per heavy atom. The third kappa shape index (κ3) is 1.08. The summed E-state index contributed by atoms with van der Waals surface area (Å²) in [5.74, 6) is 0. The number of hydrogen-bond donors (Lipinski definition) is 0. The van der Waals surface area contributed by atoms with Crippen molar-refractivity contribution in [2.24, 2.45) is 0 Å². The van der Waals surface area contributed by atoms with E-state index < -0.39 is 32.3 Å². The molecule has 2 aromatic carbocycles. The molecule has 0 aliphatic carbocycles. The minimum absolute atomic E-state index is 0.181. The average molecular weight is 205 g/mol. The van der Waals surface area contributed by atoms with Crippen molar-refractivity contribution in [1.82, 2.24) is 0 Å². The monoisotopic (exact) mass is 205 g/mol. The molecule has 0 amide bonds. The maximum Gasteiger partial charge on any atom is 0.281 e. The summed E-state index contributed by atoms with van der Waals surface area (Å²) in [4.78, 5) is 43.2. The molecule has 2 rings (SSSR count). The molecule has 0 saturated heterocycles. The first-order valence-electron chi connectivity index (χ1n) is 3.95. The summed E-state index contributed by atoms with van der Waals surface area (Å²) in [6, 6.07) is 3.58. The Labute approximate surface area is 81.2 Å². The van der Waals surface area contributed by atoms with E-state index in [-0.39, 0.29) is 5.39 Å². The lowest BCUT2D eigenvalue weighted by Crippen LogP contribution is -2.29. The zero-order chi connectivity index (χ0) is 11.2. The summed E-state index contributed by atoms with van der Waals surface area (Å²) < 4.78 is 0. The van der Waals surface area contributed by atoms with Crippen LogP contribution in [-0.4, -0.2) is 4.92 Å². The van der Waals surface area contributed by atoms with Gasteiger partial charge in [-0.2, -0.15) is 0 Å². The highest BCUT2D eigenvalue weighted by Gasteiger charge is 2.21. The van der Waals surface area contributed by atoms with Gasteiger partial charge in [-0.05, 0) is 6.07 Å². The third-order valence-electron chi connectivity index (χ3n) is 2.12. The van der Waals surface area contributed by atoms with E-state index in [1.807, 2.05) is 0 Å². The zero-order valence-electron chi connectivity index (χ0n) is 7.22. The maximum atomic E-state index is 11.3. The number of hydrogen-bond acceptors (Lipinski definition) is 5. The molecule has 6 heteroatoms. The lowest BCUT2D eigenvalue weighted by molar-refractivity contribution is -0.383. The van der Waals surface area contributed by atoms with E-state index >= 15 is 0 Å². The first kappa shape index (κ1) is 9.20. The van der Waals surface area contributed by atoms with Crippen LogP contribution in [0.2, 0.25) is 0 Å². The standard InChI is InChI=1S/C9H3NO5/c11-7-4-2-1-3-5(10(14)15)6(4)8(12)9(7)13/h1-3H. The topological polar surface area (TPSA) is 94.3 Å². The average Bonchev–Trinajstić information content (AvgIpc) is 2.44. The largest absolute Gasteiger partial charge is 0.285 e. The molecule has 0 saturated carbocycles. The molecule has 2 aromatic rings. The third-order valence-corrected chi connectivity index (χ3v) is 2.12. The maximum absolute atomic E-state index is 11.3. The lowest BCUT2D eigenvalue weighted by atomic mass is 10.2. The SMILES string of the molecule is O=c1c(=O)c2cccc([N+](=O)[O-])c2c1=O. The van der Waals surface area contributed by atoms with Crippen LogP contribution >= 0.6 is 0 Å². The first-order valence-corrected chi connectivity index (χ1v) is 3.95. The fraction of sp³-hybridized carbons (Fsp3) is 0. The fourth-order valence-electron chi connectivity index (χ4n) is 1.46. The van der Waals surface area contributed by atoms with Crippen molar-refractivity contribution in [3.8, 4) is 0 Å². The van der Waals surface area contributed by atoms with Gasteiger partial charge < -0.3 is 0 Å². The van der Waals surface area contributed by atoms with Gasteiger partial charge in [-0.25, -0.2) is 0 Å². The number of nitro benzene ring substituents is 1. The van der Waals surface area contributed by atoms with Gasteiger partial charge in [0.15, 0.2) is 0 Å². The molecule has 0 unspecified atom stereocenters. The van der Waals surface area contributed by atoms with Gasteiger partial charge in [0.2, 0.25) is 10.9 Å². The number of nitrogens with zero attached hydrogens (tertiary/aromatic N) is 1. The number of nitro groups is 1. The molecule has 0 fully saturated rings. The van der Waals surface area contributed by atoms with Crippen LogP contribution in [0.5, 0.6) is 0 Å². The summed E-state index contributed by atoms with van der Waals surface area (Å²) >= 11 is 0. The summed E-state index contributed by atoms with van der Waals surface area (Å²) in [7, 11) is 0. The quantitative estimate of drug-likeness (QED) is 0.362. The molecule has 6 nitrogen and oxygen atoms in total. The number of benzene rings is 1. The van der Waals surface area contributed by atoms with Gasteiger partial charge in [0.25, 0.3) is 11.1 Å². The molecule has 0 spiro atoms.